The number of hydrogen-bond donors (Lipinski definition) is 1. The maximum atomic E-state index is 12.5. The number of carboxylic acid groups (broad SMARTS) is 1. The van der Waals surface area contributed by atoms with Crippen molar-refractivity contribution in [2.45, 2.75) is 39.7 Å². The summed E-state index contributed by atoms with van der Waals surface area (Å²) in [5, 5.41) is 8.96. The summed E-state index contributed by atoms with van der Waals surface area (Å²) in [6.45, 7) is 8.14. The van der Waals surface area contributed by atoms with E-state index in [4.69, 9.17) is 9.84 Å². The molecule has 1 N–H and O–H groups in total. The van der Waals surface area contributed by atoms with E-state index in [1.54, 1.807) is 16.7 Å². The van der Waals surface area contributed by atoms with Gasteiger partial charge in [-0.25, -0.2) is 4.79 Å². The van der Waals surface area contributed by atoms with E-state index in [9.17, 15) is 9.59 Å². The third-order valence-corrected chi connectivity index (χ3v) is 3.67. The predicted octanol–water partition coefficient (Wildman–Crippen LogP) is 1.65. The number of carboxylic acids is 1. The van der Waals surface area contributed by atoms with Crippen LogP contribution in [0.4, 0.5) is 4.79 Å². The van der Waals surface area contributed by atoms with E-state index in [1.165, 1.54) is 0 Å². The zero-order chi connectivity index (χ0) is 15.1. The predicted molar refractivity (Wildman–Crippen MR) is 75.7 cm³/mol. The summed E-state index contributed by atoms with van der Waals surface area (Å²) in [5.74, 6) is -1.43. The molecule has 20 heavy (non-hydrogen) atoms. The third kappa shape index (κ3) is 4.67. The summed E-state index contributed by atoms with van der Waals surface area (Å²) in [6, 6.07) is -0.0985. The van der Waals surface area contributed by atoms with E-state index in [2.05, 4.69) is 0 Å². The summed E-state index contributed by atoms with van der Waals surface area (Å²) in [7, 11) is 0. The highest BCUT2D eigenvalue weighted by Gasteiger charge is 2.26. The highest BCUT2D eigenvalue weighted by molar-refractivity contribution is 5.76. The van der Waals surface area contributed by atoms with Crippen molar-refractivity contribution in [3.8, 4) is 0 Å². The van der Waals surface area contributed by atoms with Crippen molar-refractivity contribution in [2.75, 3.05) is 32.8 Å². The molecule has 2 atom stereocenters. The Kier molecular flexibility index (Phi) is 6.78. The van der Waals surface area contributed by atoms with E-state index >= 15 is 0 Å². The SMILES string of the molecule is CCN(CC1CCCO1)C(=O)N(CC)CC(C)C(=O)O. The first kappa shape index (κ1) is 16.8. The van der Waals surface area contributed by atoms with Crippen LogP contribution in [0.5, 0.6) is 0 Å². The Bertz CT molecular complexity index is 329. The Morgan fingerprint density at radius 1 is 1.30 bits per heavy atom. The lowest BCUT2D eigenvalue weighted by Gasteiger charge is -2.31. The lowest BCUT2D eigenvalue weighted by atomic mass is 10.1. The second-order valence-corrected chi connectivity index (χ2v) is 5.23. The first-order chi connectivity index (χ1) is 9.49. The van der Waals surface area contributed by atoms with Crippen molar-refractivity contribution in [3.63, 3.8) is 0 Å². The number of carbonyl (C=O) groups is 2. The molecule has 0 aliphatic carbocycles. The average Bonchev–Trinajstić information content (AvgIpc) is 2.93. The Labute approximate surface area is 120 Å². The monoisotopic (exact) mass is 286 g/mol. The van der Waals surface area contributed by atoms with Crippen LogP contribution < -0.4 is 0 Å². The van der Waals surface area contributed by atoms with Crippen LogP contribution in [0, 0.1) is 5.92 Å². The molecular weight excluding hydrogens is 260 g/mol. The van der Waals surface area contributed by atoms with Gasteiger partial charge in [0.05, 0.1) is 12.0 Å². The van der Waals surface area contributed by atoms with Gasteiger partial charge in [-0.3, -0.25) is 4.79 Å². The smallest absolute Gasteiger partial charge is 0.320 e. The topological polar surface area (TPSA) is 70.1 Å². The maximum absolute atomic E-state index is 12.5. The molecule has 1 heterocycles. The Hall–Kier alpha value is -1.30. The van der Waals surface area contributed by atoms with Gasteiger partial charge in [-0.05, 0) is 26.7 Å². The molecule has 1 fully saturated rings. The number of nitrogens with zero attached hydrogens (tertiary/aromatic N) is 2. The van der Waals surface area contributed by atoms with E-state index in [-0.39, 0.29) is 18.7 Å². The molecule has 1 saturated heterocycles. The van der Waals surface area contributed by atoms with E-state index in [1.807, 2.05) is 13.8 Å². The molecule has 6 nitrogen and oxygen atoms in total. The van der Waals surface area contributed by atoms with E-state index < -0.39 is 11.9 Å². The van der Waals surface area contributed by atoms with Gasteiger partial charge in [-0.15, -0.1) is 0 Å². The van der Waals surface area contributed by atoms with Crippen LogP contribution >= 0.6 is 0 Å². The number of urea groups is 1. The number of carbonyl (C=O) groups excluding carboxylic acids is 1. The third-order valence-electron chi connectivity index (χ3n) is 3.67. The maximum Gasteiger partial charge on any atom is 0.320 e. The van der Waals surface area contributed by atoms with Crippen LogP contribution in [0.15, 0.2) is 0 Å². The molecule has 1 aliphatic rings. The van der Waals surface area contributed by atoms with Crippen molar-refractivity contribution in [1.29, 1.82) is 0 Å². The van der Waals surface area contributed by atoms with Gasteiger partial charge >= 0.3 is 12.0 Å². The molecule has 0 spiro atoms. The fourth-order valence-electron chi connectivity index (χ4n) is 2.33. The van der Waals surface area contributed by atoms with Crippen molar-refractivity contribution >= 4 is 12.0 Å². The highest BCUT2D eigenvalue weighted by atomic mass is 16.5. The number of rotatable bonds is 7. The zero-order valence-electron chi connectivity index (χ0n) is 12.7. The summed E-state index contributed by atoms with van der Waals surface area (Å²) < 4.78 is 5.56. The second-order valence-electron chi connectivity index (χ2n) is 5.23. The fraction of sp³-hybridized carbons (Fsp3) is 0.857. The summed E-state index contributed by atoms with van der Waals surface area (Å²) in [5.41, 5.74) is 0. The molecule has 1 rings (SSSR count). The molecule has 0 aromatic heterocycles. The molecule has 6 heteroatoms. The van der Waals surface area contributed by atoms with Crippen LogP contribution in [-0.4, -0.2) is 65.8 Å². The van der Waals surface area contributed by atoms with Crippen molar-refractivity contribution in [3.05, 3.63) is 0 Å². The van der Waals surface area contributed by atoms with Gasteiger partial charge < -0.3 is 19.6 Å². The van der Waals surface area contributed by atoms with Crippen LogP contribution in [0.25, 0.3) is 0 Å². The molecule has 1 aliphatic heterocycles. The number of ether oxygens (including phenoxy) is 1. The summed E-state index contributed by atoms with van der Waals surface area (Å²) in [6.07, 6.45) is 2.15. The van der Waals surface area contributed by atoms with E-state index in [0.29, 0.717) is 19.6 Å². The molecule has 0 aromatic rings. The van der Waals surface area contributed by atoms with Crippen LogP contribution in [0.2, 0.25) is 0 Å². The van der Waals surface area contributed by atoms with Crippen molar-refractivity contribution in [1.82, 2.24) is 9.80 Å². The fourth-order valence-corrected chi connectivity index (χ4v) is 2.33. The van der Waals surface area contributed by atoms with Crippen molar-refractivity contribution < 1.29 is 19.4 Å². The minimum absolute atomic E-state index is 0.0985. The molecule has 0 radical (unpaired) electrons. The Morgan fingerprint density at radius 3 is 2.40 bits per heavy atom. The second kappa shape index (κ2) is 8.09. The molecule has 2 amide bonds. The number of amides is 2. The normalized spacial score (nSPS) is 19.6. The average molecular weight is 286 g/mol. The van der Waals surface area contributed by atoms with E-state index in [0.717, 1.165) is 19.4 Å². The Morgan fingerprint density at radius 2 is 1.95 bits per heavy atom. The zero-order valence-corrected chi connectivity index (χ0v) is 12.7. The van der Waals surface area contributed by atoms with Crippen molar-refractivity contribution in [2.24, 2.45) is 5.92 Å². The van der Waals surface area contributed by atoms with Crippen LogP contribution in [0.1, 0.15) is 33.6 Å². The quantitative estimate of drug-likeness (QED) is 0.772. The summed E-state index contributed by atoms with van der Waals surface area (Å²) >= 11 is 0. The number of aliphatic carboxylic acids is 1. The molecule has 2 unspecified atom stereocenters. The lowest BCUT2D eigenvalue weighted by molar-refractivity contribution is -0.141. The minimum atomic E-state index is -0.876. The van der Waals surface area contributed by atoms with Gasteiger partial charge in [0.25, 0.3) is 0 Å². The molecule has 0 saturated carbocycles. The Balaban J connectivity index is 2.58. The molecule has 0 aromatic carbocycles. The molecular formula is C14H26N2O4. The minimum Gasteiger partial charge on any atom is -0.481 e. The van der Waals surface area contributed by atoms with Gasteiger partial charge in [-0.2, -0.15) is 0 Å². The molecule has 116 valence electrons. The largest absolute Gasteiger partial charge is 0.481 e. The van der Waals surface area contributed by atoms with Gasteiger partial charge in [-0.1, -0.05) is 6.92 Å². The highest BCUT2D eigenvalue weighted by Crippen LogP contribution is 2.14. The first-order valence-corrected chi connectivity index (χ1v) is 7.37. The lowest BCUT2D eigenvalue weighted by Crippen LogP contribution is -2.47. The van der Waals surface area contributed by atoms with Crippen LogP contribution in [-0.2, 0) is 9.53 Å². The van der Waals surface area contributed by atoms with Gasteiger partial charge in [0.1, 0.15) is 0 Å². The first-order valence-electron chi connectivity index (χ1n) is 7.37. The standard InChI is InChI=1S/C14H26N2O4/c1-4-15(9-11(3)13(17)18)14(19)16(5-2)10-12-7-6-8-20-12/h11-12H,4-10H2,1-3H3,(H,17,18). The van der Waals surface area contributed by atoms with Gasteiger partial charge in [0.15, 0.2) is 0 Å². The summed E-state index contributed by atoms with van der Waals surface area (Å²) in [4.78, 5) is 26.7. The number of likely N-dealkylation sites (N-methyl/N-ethyl adjacent to an activating group) is 1. The number of hydrogen-bond acceptors (Lipinski definition) is 3. The van der Waals surface area contributed by atoms with Crippen LogP contribution in [0.3, 0.4) is 0 Å². The van der Waals surface area contributed by atoms with Gasteiger partial charge in [0.2, 0.25) is 0 Å². The van der Waals surface area contributed by atoms with Gasteiger partial charge in [0, 0.05) is 32.8 Å². The molecule has 0 bridgehead atoms.